The van der Waals surface area contributed by atoms with Gasteiger partial charge in [-0.2, -0.15) is 0 Å². The van der Waals surface area contributed by atoms with E-state index in [9.17, 15) is 9.59 Å². The zero-order valence-electron chi connectivity index (χ0n) is 13.1. The minimum absolute atomic E-state index is 0.0449. The second-order valence-electron chi connectivity index (χ2n) is 5.23. The highest BCUT2D eigenvalue weighted by atomic mass is 16.5. The first-order valence-corrected chi connectivity index (χ1v) is 7.40. The van der Waals surface area contributed by atoms with Gasteiger partial charge in [0.1, 0.15) is 5.75 Å². The molecule has 0 unspecified atom stereocenters. The highest BCUT2D eigenvalue weighted by Gasteiger charge is 2.24. The molecule has 1 fully saturated rings. The van der Waals surface area contributed by atoms with Crippen molar-refractivity contribution < 1.29 is 19.1 Å². The molecule has 0 aromatic heterocycles. The zero-order valence-corrected chi connectivity index (χ0v) is 13.1. The maximum absolute atomic E-state index is 12.3. The van der Waals surface area contributed by atoms with E-state index in [1.54, 1.807) is 17.0 Å². The molecular formula is C15H22N4O4. The van der Waals surface area contributed by atoms with Crippen molar-refractivity contribution in [1.82, 2.24) is 4.90 Å². The van der Waals surface area contributed by atoms with Gasteiger partial charge in [-0.1, -0.05) is 0 Å². The quantitative estimate of drug-likeness (QED) is 0.723. The van der Waals surface area contributed by atoms with Crippen LogP contribution in [0.25, 0.3) is 0 Å². The van der Waals surface area contributed by atoms with E-state index < -0.39 is 5.91 Å². The van der Waals surface area contributed by atoms with E-state index in [4.69, 9.17) is 20.9 Å². The number of hydrogen-bond acceptors (Lipinski definition) is 5. The molecule has 0 radical (unpaired) electrons. The standard InChI is InChI=1S/C15H22N4O4/c1-22-13-3-2-10(8-12(13)14(17)20)18-15(21)19-6-7-23-11(9-19)4-5-16/h2-3,8,11H,4-7,9,16H2,1H3,(H2,17,20)(H,18,21)/t11-/m1/s1. The molecule has 0 aliphatic carbocycles. The monoisotopic (exact) mass is 322 g/mol. The van der Waals surface area contributed by atoms with Crippen LogP contribution in [0.15, 0.2) is 18.2 Å². The highest BCUT2D eigenvalue weighted by Crippen LogP contribution is 2.22. The summed E-state index contributed by atoms with van der Waals surface area (Å²) in [7, 11) is 1.45. The molecule has 1 heterocycles. The van der Waals surface area contributed by atoms with E-state index in [1.165, 1.54) is 13.2 Å². The number of amides is 3. The Morgan fingerprint density at radius 1 is 1.48 bits per heavy atom. The lowest BCUT2D eigenvalue weighted by Gasteiger charge is -2.32. The fraction of sp³-hybridized carbons (Fsp3) is 0.467. The fourth-order valence-electron chi connectivity index (χ4n) is 2.45. The van der Waals surface area contributed by atoms with E-state index in [0.29, 0.717) is 44.1 Å². The lowest BCUT2D eigenvalue weighted by Crippen LogP contribution is -2.47. The number of nitrogens with zero attached hydrogens (tertiary/aromatic N) is 1. The van der Waals surface area contributed by atoms with Crippen LogP contribution in [0.5, 0.6) is 5.75 Å². The van der Waals surface area contributed by atoms with Crippen LogP contribution in [0.1, 0.15) is 16.8 Å². The Morgan fingerprint density at radius 2 is 2.26 bits per heavy atom. The van der Waals surface area contributed by atoms with Gasteiger partial charge in [0.25, 0.3) is 5.91 Å². The fourth-order valence-corrected chi connectivity index (χ4v) is 2.45. The summed E-state index contributed by atoms with van der Waals surface area (Å²) in [5.74, 6) is -0.253. The van der Waals surface area contributed by atoms with Gasteiger partial charge in [0.15, 0.2) is 0 Å². The summed E-state index contributed by atoms with van der Waals surface area (Å²) in [5.41, 5.74) is 11.5. The number of nitrogens with two attached hydrogens (primary N) is 2. The van der Waals surface area contributed by atoms with E-state index in [-0.39, 0.29) is 17.7 Å². The Labute approximate surface area is 134 Å². The van der Waals surface area contributed by atoms with Gasteiger partial charge in [0, 0.05) is 18.8 Å². The maximum atomic E-state index is 12.3. The predicted molar refractivity (Wildman–Crippen MR) is 85.5 cm³/mol. The number of ether oxygens (including phenoxy) is 2. The number of urea groups is 1. The topological polar surface area (TPSA) is 120 Å². The van der Waals surface area contributed by atoms with Gasteiger partial charge < -0.3 is 31.2 Å². The molecule has 5 N–H and O–H groups in total. The number of rotatable bonds is 5. The summed E-state index contributed by atoms with van der Waals surface area (Å²) < 4.78 is 10.6. The molecule has 8 nitrogen and oxygen atoms in total. The molecule has 3 amide bonds. The third-order valence-corrected chi connectivity index (χ3v) is 3.63. The third-order valence-electron chi connectivity index (χ3n) is 3.63. The molecule has 8 heteroatoms. The molecule has 1 saturated heterocycles. The van der Waals surface area contributed by atoms with Crippen molar-refractivity contribution in [3.05, 3.63) is 23.8 Å². The summed E-state index contributed by atoms with van der Waals surface area (Å²) in [4.78, 5) is 25.4. The van der Waals surface area contributed by atoms with Gasteiger partial charge in [-0.15, -0.1) is 0 Å². The zero-order chi connectivity index (χ0) is 16.8. The van der Waals surface area contributed by atoms with Gasteiger partial charge in [-0.05, 0) is 31.2 Å². The van der Waals surface area contributed by atoms with Gasteiger partial charge in [-0.3, -0.25) is 4.79 Å². The average molecular weight is 322 g/mol. The molecule has 1 aromatic rings. The largest absolute Gasteiger partial charge is 0.496 e. The Morgan fingerprint density at radius 3 is 2.91 bits per heavy atom. The summed E-state index contributed by atoms with van der Waals surface area (Å²) >= 11 is 0. The van der Waals surface area contributed by atoms with Crippen LogP contribution in [0.2, 0.25) is 0 Å². The van der Waals surface area contributed by atoms with Crippen LogP contribution >= 0.6 is 0 Å². The number of morpholine rings is 1. The van der Waals surface area contributed by atoms with Crippen molar-refractivity contribution >= 4 is 17.6 Å². The molecule has 1 aromatic carbocycles. The summed E-state index contributed by atoms with van der Waals surface area (Å²) in [6.45, 7) is 1.99. The van der Waals surface area contributed by atoms with Crippen molar-refractivity contribution in [2.75, 3.05) is 38.7 Å². The number of nitrogens with one attached hydrogen (secondary N) is 1. The average Bonchev–Trinajstić information content (AvgIpc) is 2.55. The van der Waals surface area contributed by atoms with Crippen LogP contribution < -0.4 is 21.5 Å². The number of hydrogen-bond donors (Lipinski definition) is 3. The second kappa shape index (κ2) is 7.80. The van der Waals surface area contributed by atoms with Crippen molar-refractivity contribution in [2.45, 2.75) is 12.5 Å². The predicted octanol–water partition coefficient (Wildman–Crippen LogP) is 0.376. The third kappa shape index (κ3) is 4.33. The summed E-state index contributed by atoms with van der Waals surface area (Å²) in [5, 5.41) is 2.76. The van der Waals surface area contributed by atoms with Gasteiger partial charge >= 0.3 is 6.03 Å². The Kier molecular flexibility index (Phi) is 5.78. The first-order valence-electron chi connectivity index (χ1n) is 7.40. The minimum atomic E-state index is -0.618. The van der Waals surface area contributed by atoms with E-state index in [2.05, 4.69) is 5.32 Å². The Hall–Kier alpha value is -2.32. The van der Waals surface area contributed by atoms with Crippen molar-refractivity contribution in [3.63, 3.8) is 0 Å². The number of anilines is 1. The number of primary amides is 1. The van der Waals surface area contributed by atoms with E-state index >= 15 is 0 Å². The molecule has 1 atom stereocenters. The molecule has 0 spiro atoms. The summed E-state index contributed by atoms with van der Waals surface area (Å²) in [6, 6.07) is 4.49. The molecule has 126 valence electrons. The van der Waals surface area contributed by atoms with Crippen molar-refractivity contribution in [2.24, 2.45) is 11.5 Å². The Bertz CT molecular complexity index is 577. The first kappa shape index (κ1) is 17.0. The number of carbonyl (C=O) groups excluding carboxylic acids is 2. The van der Waals surface area contributed by atoms with Gasteiger partial charge in [0.05, 0.1) is 25.4 Å². The lowest BCUT2D eigenvalue weighted by atomic mass is 10.1. The molecule has 0 saturated carbocycles. The van der Waals surface area contributed by atoms with Gasteiger partial charge in [0.2, 0.25) is 0 Å². The Balaban J connectivity index is 2.05. The molecule has 23 heavy (non-hydrogen) atoms. The van der Waals surface area contributed by atoms with Crippen LogP contribution in [-0.4, -0.2) is 56.3 Å². The molecular weight excluding hydrogens is 300 g/mol. The number of methoxy groups -OCH3 is 1. The maximum Gasteiger partial charge on any atom is 0.322 e. The van der Waals surface area contributed by atoms with Crippen molar-refractivity contribution in [1.29, 1.82) is 0 Å². The first-order chi connectivity index (χ1) is 11.0. The lowest BCUT2D eigenvalue weighted by molar-refractivity contribution is -0.0146. The minimum Gasteiger partial charge on any atom is -0.496 e. The second-order valence-corrected chi connectivity index (χ2v) is 5.23. The van der Waals surface area contributed by atoms with E-state index in [0.717, 1.165) is 0 Å². The number of benzene rings is 1. The van der Waals surface area contributed by atoms with Crippen LogP contribution in [-0.2, 0) is 4.74 Å². The SMILES string of the molecule is COc1ccc(NC(=O)N2CCO[C@H](CCN)C2)cc1C(N)=O. The molecule has 1 aliphatic heterocycles. The van der Waals surface area contributed by atoms with Gasteiger partial charge in [-0.25, -0.2) is 4.79 Å². The van der Waals surface area contributed by atoms with E-state index in [1.807, 2.05) is 0 Å². The molecule has 1 aliphatic rings. The molecule has 2 rings (SSSR count). The van der Waals surface area contributed by atoms with Crippen molar-refractivity contribution in [3.8, 4) is 5.75 Å². The van der Waals surface area contributed by atoms with Crippen LogP contribution in [0.3, 0.4) is 0 Å². The molecule has 0 bridgehead atoms. The number of carbonyl (C=O) groups is 2. The smallest absolute Gasteiger partial charge is 0.322 e. The normalized spacial score (nSPS) is 17.7. The van der Waals surface area contributed by atoms with Crippen LogP contribution in [0.4, 0.5) is 10.5 Å². The van der Waals surface area contributed by atoms with Crippen LogP contribution in [0, 0.1) is 0 Å². The summed E-state index contributed by atoms with van der Waals surface area (Å²) in [6.07, 6.45) is 0.662. The highest BCUT2D eigenvalue weighted by molar-refractivity contribution is 5.98.